The molecule has 1 atom stereocenters. The van der Waals surface area contributed by atoms with Crippen LogP contribution >= 0.6 is 0 Å². The first-order chi connectivity index (χ1) is 8.51. The Kier molecular flexibility index (Phi) is 6.55. The molecule has 108 valence electrons. The van der Waals surface area contributed by atoms with Crippen molar-refractivity contribution in [3.05, 3.63) is 0 Å². The molecule has 0 aromatic carbocycles. The third-order valence-corrected chi connectivity index (χ3v) is 5.38. The summed E-state index contributed by atoms with van der Waals surface area (Å²) in [4.78, 5) is 2.23. The molecule has 18 heavy (non-hydrogen) atoms. The summed E-state index contributed by atoms with van der Waals surface area (Å²) in [7, 11) is -1.05. The smallest absolute Gasteiger partial charge is 0.215 e. The maximum absolute atomic E-state index is 12.4. The van der Waals surface area contributed by atoms with Gasteiger partial charge < -0.3 is 10.2 Å². The molecule has 0 aliphatic carbocycles. The van der Waals surface area contributed by atoms with Gasteiger partial charge in [0.1, 0.15) is 0 Å². The van der Waals surface area contributed by atoms with Crippen LogP contribution in [0.15, 0.2) is 0 Å². The van der Waals surface area contributed by atoms with Gasteiger partial charge in [0.15, 0.2) is 0 Å². The summed E-state index contributed by atoms with van der Waals surface area (Å²) < 4.78 is 26.4. The average Bonchev–Trinajstić information content (AvgIpc) is 2.51. The highest BCUT2D eigenvalue weighted by atomic mass is 32.2. The number of hydrogen-bond acceptors (Lipinski definition) is 4. The molecule has 5 nitrogen and oxygen atoms in total. The van der Waals surface area contributed by atoms with Gasteiger partial charge in [-0.25, -0.2) is 8.42 Å². The molecule has 1 heterocycles. The minimum atomic E-state index is -3.12. The van der Waals surface area contributed by atoms with Crippen molar-refractivity contribution in [1.29, 1.82) is 0 Å². The van der Waals surface area contributed by atoms with Gasteiger partial charge in [-0.1, -0.05) is 13.8 Å². The first kappa shape index (κ1) is 15.9. The summed E-state index contributed by atoms with van der Waals surface area (Å²) in [5.41, 5.74) is 0. The number of nitrogens with zero attached hydrogens (tertiary/aromatic N) is 2. The maximum Gasteiger partial charge on any atom is 0.215 e. The molecule has 1 N–H and O–H groups in total. The number of sulfonamides is 1. The minimum absolute atomic E-state index is 0.129. The predicted molar refractivity (Wildman–Crippen MR) is 75.2 cm³/mol. The lowest BCUT2D eigenvalue weighted by molar-refractivity contribution is 0.270. The zero-order chi connectivity index (χ0) is 13.6. The molecule has 0 saturated carbocycles. The summed E-state index contributed by atoms with van der Waals surface area (Å²) >= 11 is 0. The van der Waals surface area contributed by atoms with E-state index in [0.717, 1.165) is 32.5 Å². The van der Waals surface area contributed by atoms with E-state index in [1.54, 1.807) is 4.31 Å². The van der Waals surface area contributed by atoms with Crippen LogP contribution in [0.4, 0.5) is 0 Å². The quantitative estimate of drug-likeness (QED) is 0.712. The van der Waals surface area contributed by atoms with Gasteiger partial charge in [0, 0.05) is 25.7 Å². The highest BCUT2D eigenvalue weighted by Crippen LogP contribution is 2.16. The lowest BCUT2D eigenvalue weighted by atomic mass is 10.2. The molecule has 1 saturated heterocycles. The SMILES string of the molecule is CCNCCS(=O)(=O)N1CCCN(C)CC1CC. The molecule has 0 aromatic rings. The Morgan fingerprint density at radius 2 is 2.00 bits per heavy atom. The molecule has 0 aromatic heterocycles. The third kappa shape index (κ3) is 4.50. The summed E-state index contributed by atoms with van der Waals surface area (Å²) in [6, 6.07) is 0.129. The van der Waals surface area contributed by atoms with Crippen LogP contribution in [0.1, 0.15) is 26.7 Å². The number of rotatable bonds is 6. The van der Waals surface area contributed by atoms with Crippen LogP contribution in [-0.4, -0.2) is 69.2 Å². The molecule has 0 spiro atoms. The Labute approximate surface area is 112 Å². The highest BCUT2D eigenvalue weighted by Gasteiger charge is 2.30. The van der Waals surface area contributed by atoms with Crippen LogP contribution in [-0.2, 0) is 10.0 Å². The molecule has 0 amide bonds. The van der Waals surface area contributed by atoms with E-state index in [2.05, 4.69) is 24.2 Å². The Balaban J connectivity index is 2.70. The Bertz CT molecular complexity index is 332. The lowest BCUT2D eigenvalue weighted by Crippen LogP contribution is -2.45. The van der Waals surface area contributed by atoms with Crippen LogP contribution < -0.4 is 5.32 Å². The van der Waals surface area contributed by atoms with Gasteiger partial charge >= 0.3 is 0 Å². The molecule has 1 fully saturated rings. The molecular weight excluding hydrogens is 250 g/mol. The van der Waals surface area contributed by atoms with Gasteiger partial charge in [-0.3, -0.25) is 0 Å². The zero-order valence-corrected chi connectivity index (χ0v) is 12.7. The van der Waals surface area contributed by atoms with E-state index >= 15 is 0 Å². The monoisotopic (exact) mass is 277 g/mol. The van der Waals surface area contributed by atoms with Crippen molar-refractivity contribution in [2.24, 2.45) is 0 Å². The summed E-state index contributed by atoms with van der Waals surface area (Å²) in [6.07, 6.45) is 1.80. The fourth-order valence-corrected chi connectivity index (χ4v) is 4.13. The number of hydrogen-bond donors (Lipinski definition) is 1. The fraction of sp³-hybridized carbons (Fsp3) is 1.00. The number of likely N-dealkylation sites (N-methyl/N-ethyl adjacent to an activating group) is 1. The van der Waals surface area contributed by atoms with E-state index in [1.807, 2.05) is 6.92 Å². The molecule has 0 bridgehead atoms. The van der Waals surface area contributed by atoms with Crippen LogP contribution in [0.5, 0.6) is 0 Å². The van der Waals surface area contributed by atoms with Crippen molar-refractivity contribution in [2.75, 3.05) is 45.5 Å². The van der Waals surface area contributed by atoms with E-state index in [1.165, 1.54) is 0 Å². The summed E-state index contributed by atoms with van der Waals surface area (Å²) in [5.74, 6) is 0.209. The van der Waals surface area contributed by atoms with Crippen molar-refractivity contribution in [1.82, 2.24) is 14.5 Å². The van der Waals surface area contributed by atoms with E-state index in [-0.39, 0.29) is 11.8 Å². The van der Waals surface area contributed by atoms with Crippen LogP contribution in [0, 0.1) is 0 Å². The van der Waals surface area contributed by atoms with Crippen molar-refractivity contribution < 1.29 is 8.42 Å². The van der Waals surface area contributed by atoms with Crippen molar-refractivity contribution in [2.45, 2.75) is 32.7 Å². The summed E-state index contributed by atoms with van der Waals surface area (Å²) in [6.45, 7) is 7.90. The molecular formula is C12H27N3O2S. The molecule has 1 aliphatic heterocycles. The lowest BCUT2D eigenvalue weighted by Gasteiger charge is -2.29. The fourth-order valence-electron chi connectivity index (χ4n) is 2.42. The standard InChI is InChI=1S/C12H27N3O2S/c1-4-12-11-14(3)8-6-9-15(12)18(16,17)10-7-13-5-2/h12-13H,4-11H2,1-3H3. The van der Waals surface area contributed by atoms with E-state index in [0.29, 0.717) is 13.1 Å². The van der Waals surface area contributed by atoms with E-state index < -0.39 is 10.0 Å². The second-order valence-corrected chi connectivity index (χ2v) is 7.00. The first-order valence-electron chi connectivity index (χ1n) is 6.90. The van der Waals surface area contributed by atoms with Gasteiger partial charge in [-0.15, -0.1) is 0 Å². The van der Waals surface area contributed by atoms with E-state index in [4.69, 9.17) is 0 Å². The molecule has 1 rings (SSSR count). The largest absolute Gasteiger partial charge is 0.316 e. The average molecular weight is 277 g/mol. The van der Waals surface area contributed by atoms with Gasteiger partial charge in [0.25, 0.3) is 0 Å². The molecule has 6 heteroatoms. The van der Waals surface area contributed by atoms with Crippen LogP contribution in [0.2, 0.25) is 0 Å². The van der Waals surface area contributed by atoms with Crippen molar-refractivity contribution in [3.63, 3.8) is 0 Å². The van der Waals surface area contributed by atoms with Gasteiger partial charge in [-0.2, -0.15) is 4.31 Å². The van der Waals surface area contributed by atoms with Crippen molar-refractivity contribution >= 4 is 10.0 Å². The topological polar surface area (TPSA) is 52.7 Å². The normalized spacial score (nSPS) is 24.1. The number of nitrogens with one attached hydrogen (secondary N) is 1. The van der Waals surface area contributed by atoms with E-state index in [9.17, 15) is 8.42 Å². The predicted octanol–water partition coefficient (Wildman–Crippen LogP) is 0.342. The van der Waals surface area contributed by atoms with Gasteiger partial charge in [-0.05, 0) is 33.0 Å². The van der Waals surface area contributed by atoms with Crippen LogP contribution in [0.3, 0.4) is 0 Å². The zero-order valence-electron chi connectivity index (χ0n) is 11.9. The summed E-state index contributed by atoms with van der Waals surface area (Å²) in [5, 5.41) is 3.08. The van der Waals surface area contributed by atoms with Crippen molar-refractivity contribution in [3.8, 4) is 0 Å². The molecule has 0 radical (unpaired) electrons. The third-order valence-electron chi connectivity index (χ3n) is 3.46. The minimum Gasteiger partial charge on any atom is -0.316 e. The second kappa shape index (κ2) is 7.43. The van der Waals surface area contributed by atoms with Gasteiger partial charge in [0.2, 0.25) is 10.0 Å². The Morgan fingerprint density at radius 3 is 2.61 bits per heavy atom. The molecule has 1 aliphatic rings. The van der Waals surface area contributed by atoms with Gasteiger partial charge in [0.05, 0.1) is 5.75 Å². The second-order valence-electron chi connectivity index (χ2n) is 4.96. The first-order valence-corrected chi connectivity index (χ1v) is 8.51. The Morgan fingerprint density at radius 1 is 1.28 bits per heavy atom. The highest BCUT2D eigenvalue weighted by molar-refractivity contribution is 7.89. The Hall–Kier alpha value is -0.170. The molecule has 1 unspecified atom stereocenters. The van der Waals surface area contributed by atoms with Crippen LogP contribution in [0.25, 0.3) is 0 Å². The maximum atomic E-state index is 12.4.